The zero-order valence-electron chi connectivity index (χ0n) is 15.4. The van der Waals surface area contributed by atoms with Gasteiger partial charge in [-0.15, -0.1) is 11.3 Å². The highest BCUT2D eigenvalue weighted by molar-refractivity contribution is 7.16. The Bertz CT molecular complexity index is 1010. The van der Waals surface area contributed by atoms with Crippen molar-refractivity contribution in [2.45, 2.75) is 26.8 Å². The number of carbonyl (C=O) groups excluding carboxylic acids is 1. The summed E-state index contributed by atoms with van der Waals surface area (Å²) in [4.78, 5) is 29.7. The Kier molecular flexibility index (Phi) is 5.66. The van der Waals surface area contributed by atoms with Crippen molar-refractivity contribution in [1.29, 1.82) is 0 Å². The highest BCUT2D eigenvalue weighted by Crippen LogP contribution is 2.31. The van der Waals surface area contributed by atoms with Gasteiger partial charge in [0.05, 0.1) is 12.8 Å². The molecule has 3 rings (SSSR count). The van der Waals surface area contributed by atoms with Crippen LogP contribution in [0.3, 0.4) is 0 Å². The van der Waals surface area contributed by atoms with Gasteiger partial charge in [-0.1, -0.05) is 6.92 Å². The van der Waals surface area contributed by atoms with Crippen LogP contribution in [0.2, 0.25) is 0 Å². The number of nitrogens with zero attached hydrogens (tertiary/aromatic N) is 3. The lowest BCUT2D eigenvalue weighted by Crippen LogP contribution is -2.26. The summed E-state index contributed by atoms with van der Waals surface area (Å²) in [7, 11) is 1.62. The second-order valence-corrected chi connectivity index (χ2v) is 7.09. The lowest BCUT2D eigenvalue weighted by molar-refractivity contribution is 0.101. The molecule has 0 aliphatic rings. The van der Waals surface area contributed by atoms with E-state index in [4.69, 9.17) is 4.74 Å². The molecule has 0 spiro atoms. The number of aryl methyl sites for hydroxylation is 2. The van der Waals surface area contributed by atoms with Crippen LogP contribution >= 0.6 is 11.3 Å². The van der Waals surface area contributed by atoms with Crippen molar-refractivity contribution < 1.29 is 9.53 Å². The Labute approximate surface area is 160 Å². The van der Waals surface area contributed by atoms with E-state index in [0.717, 1.165) is 28.3 Å². The van der Waals surface area contributed by atoms with Gasteiger partial charge in [0.15, 0.2) is 5.13 Å². The first-order valence-electron chi connectivity index (χ1n) is 8.53. The van der Waals surface area contributed by atoms with Crippen LogP contribution in [0.15, 0.2) is 41.2 Å². The van der Waals surface area contributed by atoms with Crippen LogP contribution in [0.5, 0.6) is 5.75 Å². The molecule has 8 heteroatoms. The summed E-state index contributed by atoms with van der Waals surface area (Å²) in [6.07, 6.45) is 0.759. The van der Waals surface area contributed by atoms with Gasteiger partial charge in [0, 0.05) is 23.1 Å². The maximum atomic E-state index is 12.5. The maximum Gasteiger partial charge on any atom is 0.277 e. The first-order chi connectivity index (χ1) is 13.0. The Morgan fingerprint density at radius 3 is 2.63 bits per heavy atom. The topological polar surface area (TPSA) is 86.1 Å². The van der Waals surface area contributed by atoms with Crippen molar-refractivity contribution in [3.63, 3.8) is 0 Å². The third-order valence-corrected chi connectivity index (χ3v) is 4.80. The quantitative estimate of drug-likeness (QED) is 0.704. The molecule has 1 aromatic carbocycles. The van der Waals surface area contributed by atoms with E-state index in [1.807, 2.05) is 38.1 Å². The molecule has 0 radical (unpaired) electrons. The molecule has 0 bridgehead atoms. The molecule has 0 unspecified atom stereocenters. The van der Waals surface area contributed by atoms with Crippen molar-refractivity contribution in [1.82, 2.24) is 14.8 Å². The average Bonchev–Trinajstić information content (AvgIpc) is 3.03. The van der Waals surface area contributed by atoms with Crippen molar-refractivity contribution in [2.24, 2.45) is 0 Å². The molecule has 0 aliphatic heterocycles. The van der Waals surface area contributed by atoms with E-state index in [9.17, 15) is 9.59 Å². The molecule has 140 valence electrons. The van der Waals surface area contributed by atoms with Crippen molar-refractivity contribution >= 4 is 22.4 Å². The molecule has 0 atom stereocenters. The number of hydrogen-bond donors (Lipinski definition) is 1. The van der Waals surface area contributed by atoms with E-state index >= 15 is 0 Å². The highest BCUT2D eigenvalue weighted by atomic mass is 32.1. The number of rotatable bonds is 6. The van der Waals surface area contributed by atoms with Crippen LogP contribution in [-0.2, 0) is 6.54 Å². The molecular formula is C19H20N4O3S. The molecule has 27 heavy (non-hydrogen) atoms. The lowest BCUT2D eigenvalue weighted by Gasteiger charge is -2.05. The summed E-state index contributed by atoms with van der Waals surface area (Å²) < 4.78 is 6.47. The number of carbonyl (C=O) groups is 1. The van der Waals surface area contributed by atoms with Crippen LogP contribution in [-0.4, -0.2) is 27.8 Å². The summed E-state index contributed by atoms with van der Waals surface area (Å²) in [6, 6.07) is 10.4. The number of methoxy groups -OCH3 is 1. The molecule has 1 N–H and O–H groups in total. The fourth-order valence-corrected chi connectivity index (χ4v) is 3.40. The second-order valence-electron chi connectivity index (χ2n) is 5.89. The molecule has 7 nitrogen and oxygen atoms in total. The Morgan fingerprint density at radius 2 is 1.96 bits per heavy atom. The summed E-state index contributed by atoms with van der Waals surface area (Å²) >= 11 is 1.39. The van der Waals surface area contributed by atoms with Crippen LogP contribution in [0.1, 0.15) is 28.7 Å². The largest absolute Gasteiger partial charge is 0.497 e. The number of thiazole rings is 1. The Balaban J connectivity index is 1.81. The first-order valence-corrected chi connectivity index (χ1v) is 9.35. The van der Waals surface area contributed by atoms with Gasteiger partial charge in [-0.2, -0.15) is 5.10 Å². The number of hydrogen-bond acceptors (Lipinski definition) is 6. The Hall–Kier alpha value is -3.00. The zero-order chi connectivity index (χ0) is 19.4. The molecule has 2 aromatic heterocycles. The van der Waals surface area contributed by atoms with Gasteiger partial charge in [-0.3, -0.25) is 14.9 Å². The predicted molar refractivity (Wildman–Crippen MR) is 106 cm³/mol. The zero-order valence-corrected chi connectivity index (χ0v) is 16.2. The average molecular weight is 384 g/mol. The number of ether oxygens (including phenoxy) is 1. The molecule has 3 aromatic rings. The SMILES string of the molecule is CCCn1nc(C(=O)Nc2nc(-c3ccc(OC)cc3)c(C)s2)ccc1=O. The summed E-state index contributed by atoms with van der Waals surface area (Å²) in [5, 5.41) is 7.37. The summed E-state index contributed by atoms with van der Waals surface area (Å²) in [6.45, 7) is 4.37. The van der Waals surface area contributed by atoms with Gasteiger partial charge in [-0.05, 0) is 43.7 Å². The second kappa shape index (κ2) is 8.13. The highest BCUT2D eigenvalue weighted by Gasteiger charge is 2.15. The van der Waals surface area contributed by atoms with E-state index in [-0.39, 0.29) is 11.3 Å². The van der Waals surface area contributed by atoms with Crippen LogP contribution in [0, 0.1) is 6.92 Å². The minimum absolute atomic E-state index is 0.182. The number of nitrogens with one attached hydrogen (secondary N) is 1. The molecular weight excluding hydrogens is 364 g/mol. The van der Waals surface area contributed by atoms with Crippen LogP contribution in [0.25, 0.3) is 11.3 Å². The van der Waals surface area contributed by atoms with Gasteiger partial charge in [0.2, 0.25) is 0 Å². The summed E-state index contributed by atoms with van der Waals surface area (Å²) in [5.41, 5.74) is 1.71. The fourth-order valence-electron chi connectivity index (χ4n) is 2.57. The normalized spacial score (nSPS) is 10.6. The van der Waals surface area contributed by atoms with Gasteiger partial charge in [0.1, 0.15) is 11.4 Å². The molecule has 0 fully saturated rings. The van der Waals surface area contributed by atoms with Gasteiger partial charge < -0.3 is 4.74 Å². The number of amides is 1. The standard InChI is InChI=1S/C19H20N4O3S/c1-4-11-23-16(24)10-9-15(22-23)18(25)21-19-20-17(12(2)27-19)13-5-7-14(26-3)8-6-13/h5-10H,4,11H2,1-3H3,(H,20,21,25). The third-order valence-electron chi connectivity index (χ3n) is 3.92. The number of aromatic nitrogens is 3. The van der Waals surface area contributed by atoms with Gasteiger partial charge in [0.25, 0.3) is 11.5 Å². The van der Waals surface area contributed by atoms with Crippen LogP contribution < -0.4 is 15.6 Å². The van der Waals surface area contributed by atoms with Gasteiger partial charge >= 0.3 is 0 Å². The van der Waals surface area contributed by atoms with Crippen molar-refractivity contribution in [2.75, 3.05) is 12.4 Å². The predicted octanol–water partition coefficient (Wildman–Crippen LogP) is 3.35. The number of anilines is 1. The van der Waals surface area contributed by atoms with Gasteiger partial charge in [-0.25, -0.2) is 9.67 Å². The minimum Gasteiger partial charge on any atom is -0.497 e. The fraction of sp³-hybridized carbons (Fsp3) is 0.263. The van der Waals surface area contributed by atoms with E-state index in [1.54, 1.807) is 7.11 Å². The molecule has 0 aliphatic carbocycles. The van der Waals surface area contributed by atoms with E-state index in [0.29, 0.717) is 11.7 Å². The van der Waals surface area contributed by atoms with E-state index in [1.165, 1.54) is 28.2 Å². The monoisotopic (exact) mass is 384 g/mol. The summed E-state index contributed by atoms with van der Waals surface area (Å²) in [5.74, 6) is 0.378. The Morgan fingerprint density at radius 1 is 1.22 bits per heavy atom. The molecule has 1 amide bonds. The third kappa shape index (κ3) is 4.22. The molecule has 0 saturated heterocycles. The van der Waals surface area contributed by atoms with Crippen LogP contribution in [0.4, 0.5) is 5.13 Å². The smallest absolute Gasteiger partial charge is 0.277 e. The minimum atomic E-state index is -0.394. The van der Waals surface area contributed by atoms with Crippen molar-refractivity contribution in [3.05, 3.63) is 57.3 Å². The molecule has 0 saturated carbocycles. The lowest BCUT2D eigenvalue weighted by atomic mass is 10.1. The maximum absolute atomic E-state index is 12.5. The van der Waals surface area contributed by atoms with E-state index in [2.05, 4.69) is 15.4 Å². The van der Waals surface area contributed by atoms with E-state index < -0.39 is 5.91 Å². The van der Waals surface area contributed by atoms with Crippen molar-refractivity contribution in [3.8, 4) is 17.0 Å². The molecule has 2 heterocycles. The first kappa shape index (κ1) is 18.8. The number of benzene rings is 1.